The molecule has 1 aromatic carbocycles. The summed E-state index contributed by atoms with van der Waals surface area (Å²) in [5.74, 6) is -0.327. The molecule has 2 amide bonds. The molecule has 0 aromatic heterocycles. The Morgan fingerprint density at radius 3 is 2.76 bits per heavy atom. The van der Waals surface area contributed by atoms with E-state index in [1.54, 1.807) is 6.07 Å². The molecule has 0 unspecified atom stereocenters. The fourth-order valence-corrected chi connectivity index (χ4v) is 3.65. The summed E-state index contributed by atoms with van der Waals surface area (Å²) in [6.07, 6.45) is 1.21. The number of methoxy groups -OCH3 is 1. The number of nitrogens with one attached hydrogen (secondary N) is 1. The first-order valence-corrected chi connectivity index (χ1v) is 7.83. The molecule has 0 fully saturated rings. The summed E-state index contributed by atoms with van der Waals surface area (Å²) in [6.45, 7) is -0.288. The molecule has 1 aliphatic heterocycles. The number of ether oxygens (including phenoxy) is 1. The smallest absolute Gasteiger partial charge is 0.277 e. The number of carbonyl (C=O) groups is 2. The molecule has 0 saturated heterocycles. The van der Waals surface area contributed by atoms with Crippen molar-refractivity contribution in [3.63, 3.8) is 0 Å². The van der Waals surface area contributed by atoms with Crippen LogP contribution in [0.2, 0.25) is 0 Å². The van der Waals surface area contributed by atoms with Crippen LogP contribution in [0.1, 0.15) is 0 Å². The lowest BCUT2D eigenvalue weighted by Crippen LogP contribution is -2.34. The summed E-state index contributed by atoms with van der Waals surface area (Å²) in [4.78, 5) is 24.8. The van der Waals surface area contributed by atoms with E-state index in [2.05, 4.69) is 43.8 Å². The Hall–Kier alpha value is -1.13. The highest BCUT2D eigenvalue weighted by Crippen LogP contribution is 2.35. The SMILES string of the molecule is COc1c(I)cc(Br)cc1NC1=CC(=O)N(CCO)C1=O. The molecule has 0 atom stereocenters. The zero-order chi connectivity index (χ0) is 15.6. The quantitative estimate of drug-likeness (QED) is 0.510. The number of carbonyl (C=O) groups excluding carboxylic acids is 2. The van der Waals surface area contributed by atoms with Crippen LogP contribution in [0.15, 0.2) is 28.4 Å². The average molecular weight is 467 g/mol. The summed E-state index contributed by atoms with van der Waals surface area (Å²) < 4.78 is 6.99. The molecule has 0 radical (unpaired) electrons. The monoisotopic (exact) mass is 466 g/mol. The molecule has 0 spiro atoms. The second kappa shape index (κ2) is 6.75. The van der Waals surface area contributed by atoms with Crippen molar-refractivity contribution in [3.05, 3.63) is 31.9 Å². The summed E-state index contributed by atoms with van der Waals surface area (Å²) in [5.41, 5.74) is 0.732. The third-order valence-corrected chi connectivity index (χ3v) is 4.07. The van der Waals surface area contributed by atoms with E-state index in [-0.39, 0.29) is 18.8 Å². The Labute approximate surface area is 143 Å². The first-order valence-electron chi connectivity index (χ1n) is 5.96. The highest BCUT2D eigenvalue weighted by molar-refractivity contribution is 14.1. The molecule has 1 heterocycles. The van der Waals surface area contributed by atoms with Gasteiger partial charge < -0.3 is 15.2 Å². The number of β-amino-alcohol motifs (C(OH)–C–C–N with tert-alkyl or cyclic N) is 1. The number of hydrogen-bond donors (Lipinski definition) is 2. The predicted octanol–water partition coefficient (Wildman–Crippen LogP) is 1.72. The van der Waals surface area contributed by atoms with Crippen LogP contribution in [0.4, 0.5) is 5.69 Å². The van der Waals surface area contributed by atoms with Gasteiger partial charge in [0.25, 0.3) is 11.8 Å². The van der Waals surface area contributed by atoms with E-state index >= 15 is 0 Å². The molecule has 112 valence electrons. The lowest BCUT2D eigenvalue weighted by atomic mass is 10.2. The van der Waals surface area contributed by atoms with Gasteiger partial charge in [0.05, 0.1) is 29.5 Å². The van der Waals surface area contributed by atoms with Crippen molar-refractivity contribution in [2.24, 2.45) is 0 Å². The Kier molecular flexibility index (Phi) is 5.22. The third kappa shape index (κ3) is 3.38. The summed E-state index contributed by atoms with van der Waals surface area (Å²) in [6, 6.07) is 3.63. The van der Waals surface area contributed by atoms with Crippen LogP contribution in [-0.4, -0.2) is 42.1 Å². The van der Waals surface area contributed by atoms with E-state index in [9.17, 15) is 9.59 Å². The van der Waals surface area contributed by atoms with Gasteiger partial charge in [-0.15, -0.1) is 0 Å². The molecular weight excluding hydrogens is 455 g/mol. The molecule has 1 aliphatic rings. The Bertz CT molecular complexity index is 633. The van der Waals surface area contributed by atoms with Gasteiger partial charge in [-0.2, -0.15) is 0 Å². The normalized spacial score (nSPS) is 14.5. The minimum atomic E-state index is -0.467. The maximum Gasteiger partial charge on any atom is 0.277 e. The van der Waals surface area contributed by atoms with E-state index in [1.165, 1.54) is 13.2 Å². The molecule has 8 heteroatoms. The maximum atomic E-state index is 12.1. The molecule has 6 nitrogen and oxygen atoms in total. The second-order valence-electron chi connectivity index (χ2n) is 4.17. The van der Waals surface area contributed by atoms with Crippen molar-refractivity contribution >= 4 is 56.0 Å². The van der Waals surface area contributed by atoms with Gasteiger partial charge in [-0.1, -0.05) is 15.9 Å². The average Bonchev–Trinajstić information content (AvgIpc) is 2.66. The largest absolute Gasteiger partial charge is 0.493 e. The number of benzene rings is 1. The van der Waals surface area contributed by atoms with Crippen LogP contribution >= 0.6 is 38.5 Å². The minimum absolute atomic E-state index is 0.0213. The number of hydrogen-bond acceptors (Lipinski definition) is 5. The number of halogens is 2. The van der Waals surface area contributed by atoms with E-state index < -0.39 is 11.8 Å². The first kappa shape index (κ1) is 16.2. The van der Waals surface area contributed by atoms with Gasteiger partial charge in [0.15, 0.2) is 5.75 Å². The van der Waals surface area contributed by atoms with Gasteiger partial charge in [0, 0.05) is 10.5 Å². The van der Waals surface area contributed by atoms with Crippen LogP contribution in [0.5, 0.6) is 5.75 Å². The van der Waals surface area contributed by atoms with Crippen molar-refractivity contribution in [1.29, 1.82) is 0 Å². The van der Waals surface area contributed by atoms with E-state index in [1.807, 2.05) is 6.07 Å². The van der Waals surface area contributed by atoms with Crippen LogP contribution in [0.25, 0.3) is 0 Å². The van der Waals surface area contributed by atoms with Crippen molar-refractivity contribution < 1.29 is 19.4 Å². The van der Waals surface area contributed by atoms with Gasteiger partial charge in [-0.05, 0) is 34.7 Å². The summed E-state index contributed by atoms with van der Waals surface area (Å²) in [5, 5.41) is 11.8. The number of aliphatic hydroxyl groups excluding tert-OH is 1. The van der Waals surface area contributed by atoms with Crippen molar-refractivity contribution in [3.8, 4) is 5.75 Å². The molecule has 0 aliphatic carbocycles. The van der Waals surface area contributed by atoms with Gasteiger partial charge in [0.2, 0.25) is 0 Å². The predicted molar refractivity (Wildman–Crippen MR) is 88.9 cm³/mol. The Balaban J connectivity index is 2.29. The van der Waals surface area contributed by atoms with Crippen molar-refractivity contribution in [2.75, 3.05) is 25.6 Å². The van der Waals surface area contributed by atoms with E-state index in [0.717, 1.165) is 12.9 Å². The van der Waals surface area contributed by atoms with Gasteiger partial charge in [-0.25, -0.2) is 0 Å². The molecule has 0 bridgehead atoms. The number of anilines is 1. The zero-order valence-electron chi connectivity index (χ0n) is 11.0. The zero-order valence-corrected chi connectivity index (χ0v) is 14.8. The molecule has 2 N–H and O–H groups in total. The van der Waals surface area contributed by atoms with Gasteiger partial charge in [0.1, 0.15) is 5.70 Å². The fraction of sp³-hybridized carbons (Fsp3) is 0.231. The molecule has 2 rings (SSSR count). The maximum absolute atomic E-state index is 12.1. The second-order valence-corrected chi connectivity index (χ2v) is 6.25. The van der Waals surface area contributed by atoms with Gasteiger partial charge in [-0.3, -0.25) is 14.5 Å². The Morgan fingerprint density at radius 1 is 1.43 bits per heavy atom. The standard InChI is InChI=1S/C13H12BrIN2O4/c1-21-12-8(15)4-7(14)5-9(12)16-10-6-11(19)17(2-3-18)13(10)20/h4-6,16,18H,2-3H2,1H3. The Morgan fingerprint density at radius 2 is 2.14 bits per heavy atom. The van der Waals surface area contributed by atoms with Crippen LogP contribution < -0.4 is 10.1 Å². The lowest BCUT2D eigenvalue weighted by Gasteiger charge is -2.15. The van der Waals surface area contributed by atoms with E-state index in [0.29, 0.717) is 11.4 Å². The number of nitrogens with zero attached hydrogens (tertiary/aromatic N) is 1. The topological polar surface area (TPSA) is 78.9 Å². The lowest BCUT2D eigenvalue weighted by molar-refractivity contribution is -0.137. The molecular formula is C13H12BrIN2O4. The highest BCUT2D eigenvalue weighted by Gasteiger charge is 2.31. The fourth-order valence-electron chi connectivity index (χ4n) is 1.92. The highest BCUT2D eigenvalue weighted by atomic mass is 127. The van der Waals surface area contributed by atoms with Crippen LogP contribution in [0.3, 0.4) is 0 Å². The molecule has 21 heavy (non-hydrogen) atoms. The third-order valence-electron chi connectivity index (χ3n) is 2.81. The number of amides is 2. The number of imide groups is 1. The first-order chi connectivity index (χ1) is 9.97. The van der Waals surface area contributed by atoms with Gasteiger partial charge >= 0.3 is 0 Å². The van der Waals surface area contributed by atoms with Crippen molar-refractivity contribution in [1.82, 2.24) is 4.90 Å². The number of aliphatic hydroxyl groups is 1. The minimum Gasteiger partial charge on any atom is -0.493 e. The molecule has 1 aromatic rings. The summed E-state index contributed by atoms with van der Waals surface area (Å²) in [7, 11) is 1.53. The van der Waals surface area contributed by atoms with E-state index in [4.69, 9.17) is 9.84 Å². The summed E-state index contributed by atoms with van der Waals surface area (Å²) >= 11 is 5.49. The molecule has 0 saturated carbocycles. The number of rotatable bonds is 5. The van der Waals surface area contributed by atoms with Crippen LogP contribution in [0, 0.1) is 3.57 Å². The van der Waals surface area contributed by atoms with Crippen LogP contribution in [-0.2, 0) is 9.59 Å². The van der Waals surface area contributed by atoms with Crippen molar-refractivity contribution in [2.45, 2.75) is 0 Å².